The minimum atomic E-state index is -0.822. The average molecular weight is 475 g/mol. The van der Waals surface area contributed by atoms with E-state index in [0.717, 1.165) is 4.90 Å². The van der Waals surface area contributed by atoms with Crippen molar-refractivity contribution in [1.29, 1.82) is 0 Å². The molecule has 2 aromatic carbocycles. The van der Waals surface area contributed by atoms with E-state index in [1.54, 1.807) is 36.4 Å². The molecule has 156 valence electrons. The lowest BCUT2D eigenvalue weighted by Crippen LogP contribution is -2.54. The fourth-order valence-electron chi connectivity index (χ4n) is 2.90. The second-order valence-corrected chi connectivity index (χ2v) is 6.98. The monoisotopic (exact) mass is 474 g/mol. The Labute approximate surface area is 181 Å². The van der Waals surface area contributed by atoms with Crippen molar-refractivity contribution in [2.75, 3.05) is 25.7 Å². The van der Waals surface area contributed by atoms with E-state index in [9.17, 15) is 14.4 Å². The summed E-state index contributed by atoms with van der Waals surface area (Å²) in [6, 6.07) is 8.85. The Bertz CT molecular complexity index is 1030. The van der Waals surface area contributed by atoms with Gasteiger partial charge in [0, 0.05) is 0 Å². The predicted octanol–water partition coefficient (Wildman–Crippen LogP) is 3.53. The summed E-state index contributed by atoms with van der Waals surface area (Å²) in [5.41, 5.74) is 0.635. The van der Waals surface area contributed by atoms with E-state index in [0.29, 0.717) is 39.6 Å². The number of carbonyl (C=O) groups is 3. The standard InChI is InChI=1S/C21H19BrN2O6/c1-4-30-18-16(22)10-12(11-17(18)29-3)9-15-19(25)23-21(27)24(20(15)26)13-5-7-14(28-2)8-6-13/h5-11H,4H2,1-3H3,(H,23,25,27). The van der Waals surface area contributed by atoms with Crippen molar-refractivity contribution in [1.82, 2.24) is 5.32 Å². The van der Waals surface area contributed by atoms with Gasteiger partial charge in [-0.15, -0.1) is 0 Å². The molecular weight excluding hydrogens is 456 g/mol. The van der Waals surface area contributed by atoms with Crippen molar-refractivity contribution in [3.8, 4) is 17.2 Å². The highest BCUT2D eigenvalue weighted by Crippen LogP contribution is 2.37. The number of ether oxygens (including phenoxy) is 3. The van der Waals surface area contributed by atoms with Crippen LogP contribution in [0.25, 0.3) is 6.08 Å². The fourth-order valence-corrected chi connectivity index (χ4v) is 3.47. The Hall–Kier alpha value is -3.33. The maximum Gasteiger partial charge on any atom is 0.335 e. The molecule has 1 aliphatic rings. The Morgan fingerprint density at radius 3 is 2.37 bits per heavy atom. The van der Waals surface area contributed by atoms with Crippen molar-refractivity contribution >= 4 is 45.5 Å². The fraction of sp³-hybridized carbons (Fsp3) is 0.190. The first-order chi connectivity index (χ1) is 14.4. The number of carbonyl (C=O) groups excluding carboxylic acids is 3. The number of imide groups is 2. The van der Waals surface area contributed by atoms with E-state index in [-0.39, 0.29) is 5.57 Å². The van der Waals surface area contributed by atoms with Crippen LogP contribution in [0.3, 0.4) is 0 Å². The third kappa shape index (κ3) is 4.16. The van der Waals surface area contributed by atoms with Crippen LogP contribution < -0.4 is 24.4 Å². The quantitative estimate of drug-likeness (QED) is 0.508. The third-order valence-electron chi connectivity index (χ3n) is 4.28. The summed E-state index contributed by atoms with van der Waals surface area (Å²) in [4.78, 5) is 38.6. The molecule has 1 aliphatic heterocycles. The predicted molar refractivity (Wildman–Crippen MR) is 114 cm³/mol. The SMILES string of the molecule is CCOc1c(Br)cc(C=C2C(=O)NC(=O)N(c3ccc(OC)cc3)C2=O)cc1OC. The van der Waals surface area contributed by atoms with Gasteiger partial charge in [0.15, 0.2) is 11.5 Å². The van der Waals surface area contributed by atoms with E-state index < -0.39 is 17.8 Å². The smallest absolute Gasteiger partial charge is 0.335 e. The highest BCUT2D eigenvalue weighted by atomic mass is 79.9. The van der Waals surface area contributed by atoms with Gasteiger partial charge < -0.3 is 14.2 Å². The number of rotatable bonds is 6. The van der Waals surface area contributed by atoms with Crippen LogP contribution in [0.5, 0.6) is 17.2 Å². The van der Waals surface area contributed by atoms with E-state index >= 15 is 0 Å². The molecular formula is C21H19BrN2O6. The molecule has 9 heteroatoms. The van der Waals surface area contributed by atoms with E-state index in [2.05, 4.69) is 21.2 Å². The summed E-state index contributed by atoms with van der Waals surface area (Å²) in [6.45, 7) is 2.28. The van der Waals surface area contributed by atoms with Gasteiger partial charge in [-0.05, 0) is 70.9 Å². The molecule has 1 heterocycles. The number of nitrogens with zero attached hydrogens (tertiary/aromatic N) is 1. The van der Waals surface area contributed by atoms with E-state index in [1.807, 2.05) is 6.92 Å². The number of hydrogen-bond donors (Lipinski definition) is 1. The highest BCUT2D eigenvalue weighted by Gasteiger charge is 2.36. The number of halogens is 1. The minimum absolute atomic E-state index is 0.191. The molecule has 3 rings (SSSR count). The van der Waals surface area contributed by atoms with Crippen LogP contribution in [-0.2, 0) is 9.59 Å². The van der Waals surface area contributed by atoms with Gasteiger partial charge in [-0.2, -0.15) is 0 Å². The Balaban J connectivity index is 2.01. The summed E-state index contributed by atoms with van der Waals surface area (Å²) in [6.07, 6.45) is 1.39. The molecule has 2 aromatic rings. The topological polar surface area (TPSA) is 94.2 Å². The summed E-state index contributed by atoms with van der Waals surface area (Å²) in [5, 5.41) is 2.19. The summed E-state index contributed by atoms with van der Waals surface area (Å²) < 4.78 is 16.6. The molecule has 30 heavy (non-hydrogen) atoms. The number of amides is 4. The zero-order valence-corrected chi connectivity index (χ0v) is 18.1. The van der Waals surface area contributed by atoms with Gasteiger partial charge in [-0.25, -0.2) is 9.69 Å². The number of benzene rings is 2. The first kappa shape index (κ1) is 21.4. The van der Waals surface area contributed by atoms with Crippen LogP contribution in [0.4, 0.5) is 10.5 Å². The van der Waals surface area contributed by atoms with Crippen molar-refractivity contribution in [3.05, 3.63) is 52.0 Å². The summed E-state index contributed by atoms with van der Waals surface area (Å²) in [7, 11) is 3.00. The average Bonchev–Trinajstić information content (AvgIpc) is 2.73. The van der Waals surface area contributed by atoms with Crippen molar-refractivity contribution < 1.29 is 28.6 Å². The Morgan fingerprint density at radius 2 is 1.77 bits per heavy atom. The van der Waals surface area contributed by atoms with Gasteiger partial charge in [-0.3, -0.25) is 14.9 Å². The molecule has 0 aromatic heterocycles. The lowest BCUT2D eigenvalue weighted by molar-refractivity contribution is -0.122. The number of hydrogen-bond acceptors (Lipinski definition) is 6. The molecule has 0 radical (unpaired) electrons. The number of urea groups is 1. The van der Waals surface area contributed by atoms with Gasteiger partial charge in [-0.1, -0.05) is 0 Å². The van der Waals surface area contributed by atoms with Gasteiger partial charge in [0.25, 0.3) is 11.8 Å². The Kier molecular flexibility index (Phi) is 6.41. The molecule has 0 atom stereocenters. The van der Waals surface area contributed by atoms with Crippen LogP contribution in [0, 0.1) is 0 Å². The van der Waals surface area contributed by atoms with E-state index in [1.165, 1.54) is 20.3 Å². The zero-order chi connectivity index (χ0) is 21.8. The number of methoxy groups -OCH3 is 2. The molecule has 0 unspecified atom stereocenters. The maximum atomic E-state index is 13.0. The molecule has 1 N–H and O–H groups in total. The van der Waals surface area contributed by atoms with Crippen molar-refractivity contribution in [3.63, 3.8) is 0 Å². The molecule has 0 aliphatic carbocycles. The molecule has 0 spiro atoms. The van der Waals surface area contributed by atoms with Gasteiger partial charge >= 0.3 is 6.03 Å². The van der Waals surface area contributed by atoms with Crippen molar-refractivity contribution in [2.24, 2.45) is 0 Å². The molecule has 0 bridgehead atoms. The molecule has 1 saturated heterocycles. The number of nitrogens with one attached hydrogen (secondary N) is 1. The van der Waals surface area contributed by atoms with Gasteiger partial charge in [0.05, 0.1) is 31.0 Å². The first-order valence-corrected chi connectivity index (χ1v) is 9.74. The lowest BCUT2D eigenvalue weighted by Gasteiger charge is -2.26. The highest BCUT2D eigenvalue weighted by molar-refractivity contribution is 9.10. The number of barbiturate groups is 1. The zero-order valence-electron chi connectivity index (χ0n) is 16.5. The molecule has 8 nitrogen and oxygen atoms in total. The van der Waals surface area contributed by atoms with Gasteiger partial charge in [0.1, 0.15) is 11.3 Å². The number of anilines is 1. The first-order valence-electron chi connectivity index (χ1n) is 8.95. The van der Waals surface area contributed by atoms with Gasteiger partial charge in [0.2, 0.25) is 0 Å². The van der Waals surface area contributed by atoms with Crippen LogP contribution in [0.2, 0.25) is 0 Å². The second kappa shape index (κ2) is 9.00. The van der Waals surface area contributed by atoms with Crippen LogP contribution in [0.1, 0.15) is 12.5 Å². The van der Waals surface area contributed by atoms with E-state index in [4.69, 9.17) is 14.2 Å². The summed E-state index contributed by atoms with van der Waals surface area (Å²) in [5.74, 6) is -0.000133. The Morgan fingerprint density at radius 1 is 1.07 bits per heavy atom. The second-order valence-electron chi connectivity index (χ2n) is 6.12. The third-order valence-corrected chi connectivity index (χ3v) is 4.87. The van der Waals surface area contributed by atoms with Crippen LogP contribution in [0.15, 0.2) is 46.4 Å². The van der Waals surface area contributed by atoms with Crippen LogP contribution >= 0.6 is 15.9 Å². The normalized spacial score (nSPS) is 15.3. The maximum absolute atomic E-state index is 13.0. The molecule has 4 amide bonds. The minimum Gasteiger partial charge on any atom is -0.497 e. The van der Waals surface area contributed by atoms with Crippen LogP contribution in [-0.4, -0.2) is 38.7 Å². The molecule has 1 fully saturated rings. The van der Waals surface area contributed by atoms with Crippen molar-refractivity contribution in [2.45, 2.75) is 6.92 Å². The largest absolute Gasteiger partial charge is 0.497 e. The lowest BCUT2D eigenvalue weighted by atomic mass is 10.1. The summed E-state index contributed by atoms with van der Waals surface area (Å²) >= 11 is 3.41. The molecule has 0 saturated carbocycles.